The topological polar surface area (TPSA) is 110 Å². The Hall–Kier alpha value is -3.72. The fourth-order valence-corrected chi connectivity index (χ4v) is 3.82. The Balaban J connectivity index is 1.88. The van der Waals surface area contributed by atoms with Crippen LogP contribution in [0.4, 0.5) is 11.5 Å². The molecule has 0 fully saturated rings. The van der Waals surface area contributed by atoms with E-state index in [-0.39, 0.29) is 23.2 Å². The Bertz CT molecular complexity index is 1300. The fraction of sp³-hybridized carbons (Fsp3) is 0.370. The molecule has 2 aromatic carbocycles. The maximum Gasteiger partial charge on any atom is 0.273 e. The largest absolute Gasteiger partial charge is 0.329 e. The molecule has 0 aliphatic carbocycles. The minimum absolute atomic E-state index is 0.132. The molecule has 1 aromatic heterocycles. The molecule has 0 atom stereocenters. The van der Waals surface area contributed by atoms with Crippen molar-refractivity contribution in [2.45, 2.75) is 52.9 Å². The van der Waals surface area contributed by atoms with Crippen LogP contribution >= 0.6 is 11.6 Å². The molecule has 37 heavy (non-hydrogen) atoms. The predicted octanol–water partition coefficient (Wildman–Crippen LogP) is 5.92. The highest BCUT2D eigenvalue weighted by atomic mass is 35.5. The zero-order valence-corrected chi connectivity index (χ0v) is 22.5. The number of hydrogen-bond donors (Lipinski definition) is 1. The summed E-state index contributed by atoms with van der Waals surface area (Å²) < 4.78 is 1.64. The summed E-state index contributed by atoms with van der Waals surface area (Å²) in [5.74, 6) is -0.374. The number of rotatable bonds is 9. The number of hydrogen-bond acceptors (Lipinski definition) is 5. The number of aromatic nitrogens is 2. The van der Waals surface area contributed by atoms with Crippen LogP contribution in [0, 0.1) is 17.0 Å². The highest BCUT2D eigenvalue weighted by Crippen LogP contribution is 2.27. The van der Waals surface area contributed by atoms with Crippen molar-refractivity contribution in [2.75, 3.05) is 18.4 Å². The summed E-state index contributed by atoms with van der Waals surface area (Å²) >= 11 is 6.04. The number of carbonyl (C=O) groups excluding carboxylic acids is 2. The first kappa shape index (κ1) is 27.9. The van der Waals surface area contributed by atoms with E-state index in [0.717, 1.165) is 17.8 Å². The standard InChI is InChI=1S/C27H32ClN5O4/c1-6-7-14-31(26(35)19-9-8-18(2)22(15-19)33(36)37)17-25(34)29-24-16-23(27(3,4)5)30-32(24)21-12-10-20(28)11-13-21/h8-13,15-16H,6-7,14,17H2,1-5H3,(H,29,34). The number of nitrogens with zero attached hydrogens (tertiary/aromatic N) is 4. The van der Waals surface area contributed by atoms with Crippen LogP contribution in [0.15, 0.2) is 48.5 Å². The van der Waals surface area contributed by atoms with Gasteiger partial charge in [-0.15, -0.1) is 0 Å². The second-order valence-electron chi connectivity index (χ2n) is 9.94. The van der Waals surface area contributed by atoms with Crippen LogP contribution in [0.5, 0.6) is 0 Å². The second-order valence-corrected chi connectivity index (χ2v) is 10.4. The molecule has 2 amide bonds. The van der Waals surface area contributed by atoms with Gasteiger partial charge in [-0.05, 0) is 43.7 Å². The Morgan fingerprint density at radius 2 is 1.81 bits per heavy atom. The molecule has 1 heterocycles. The van der Waals surface area contributed by atoms with Gasteiger partial charge in [0.25, 0.3) is 11.6 Å². The molecule has 0 aliphatic rings. The van der Waals surface area contributed by atoms with Gasteiger partial charge in [0.15, 0.2) is 0 Å². The van der Waals surface area contributed by atoms with Crippen LogP contribution in [-0.2, 0) is 10.2 Å². The predicted molar refractivity (Wildman–Crippen MR) is 145 cm³/mol. The Kier molecular flexibility index (Phi) is 8.70. The molecule has 0 saturated carbocycles. The summed E-state index contributed by atoms with van der Waals surface area (Å²) in [7, 11) is 0. The molecular weight excluding hydrogens is 494 g/mol. The van der Waals surface area contributed by atoms with Gasteiger partial charge in [0.05, 0.1) is 16.3 Å². The summed E-state index contributed by atoms with van der Waals surface area (Å²) in [6, 6.07) is 13.3. The lowest BCUT2D eigenvalue weighted by atomic mass is 9.92. The van der Waals surface area contributed by atoms with Crippen LogP contribution in [0.25, 0.3) is 5.69 Å². The molecule has 0 saturated heterocycles. The maximum absolute atomic E-state index is 13.3. The van der Waals surface area contributed by atoms with Crippen LogP contribution in [0.3, 0.4) is 0 Å². The quantitative estimate of drug-likeness (QED) is 0.275. The molecule has 196 valence electrons. The summed E-state index contributed by atoms with van der Waals surface area (Å²) in [5.41, 5.74) is 1.74. The van der Waals surface area contributed by atoms with E-state index in [4.69, 9.17) is 16.7 Å². The number of aryl methyl sites for hydroxylation is 1. The van der Waals surface area contributed by atoms with Gasteiger partial charge in [-0.25, -0.2) is 4.68 Å². The molecule has 0 spiro atoms. The van der Waals surface area contributed by atoms with E-state index in [1.54, 1.807) is 48.0 Å². The number of nitro benzene ring substituents is 1. The smallest absolute Gasteiger partial charge is 0.273 e. The molecule has 1 N–H and O–H groups in total. The van der Waals surface area contributed by atoms with Crippen LogP contribution in [0.2, 0.25) is 5.02 Å². The highest BCUT2D eigenvalue weighted by Gasteiger charge is 2.24. The summed E-state index contributed by atoms with van der Waals surface area (Å²) in [6.07, 6.45) is 1.50. The van der Waals surface area contributed by atoms with Gasteiger partial charge in [-0.1, -0.05) is 51.8 Å². The first-order valence-electron chi connectivity index (χ1n) is 12.1. The van der Waals surface area contributed by atoms with Crippen LogP contribution < -0.4 is 5.32 Å². The van der Waals surface area contributed by atoms with Crippen molar-refractivity contribution in [3.05, 3.63) is 80.5 Å². The number of anilines is 1. The minimum atomic E-state index is -0.514. The molecule has 0 aliphatic heterocycles. The average Bonchev–Trinajstić information content (AvgIpc) is 3.26. The van der Waals surface area contributed by atoms with Gasteiger partial charge >= 0.3 is 0 Å². The van der Waals surface area contributed by atoms with Gasteiger partial charge in [0, 0.05) is 40.2 Å². The van der Waals surface area contributed by atoms with Gasteiger partial charge < -0.3 is 10.2 Å². The monoisotopic (exact) mass is 525 g/mol. The van der Waals surface area contributed by atoms with Crippen molar-refractivity contribution in [2.24, 2.45) is 0 Å². The summed E-state index contributed by atoms with van der Waals surface area (Å²) in [5, 5.41) is 19.5. The summed E-state index contributed by atoms with van der Waals surface area (Å²) in [4.78, 5) is 38.7. The Labute approximate surface area is 221 Å². The lowest BCUT2D eigenvalue weighted by molar-refractivity contribution is -0.385. The van der Waals surface area contributed by atoms with Crippen molar-refractivity contribution in [3.63, 3.8) is 0 Å². The summed E-state index contributed by atoms with van der Waals surface area (Å²) in [6.45, 7) is 9.81. The number of halogens is 1. The molecule has 3 rings (SSSR count). The van der Waals surface area contributed by atoms with Gasteiger partial charge in [0.1, 0.15) is 12.4 Å². The van der Waals surface area contributed by atoms with Gasteiger partial charge in [0.2, 0.25) is 5.91 Å². The first-order chi connectivity index (χ1) is 17.4. The third kappa shape index (κ3) is 6.95. The zero-order chi connectivity index (χ0) is 27.3. The number of benzene rings is 2. The van der Waals surface area contributed by atoms with E-state index in [9.17, 15) is 19.7 Å². The molecule has 3 aromatic rings. The Morgan fingerprint density at radius 1 is 1.14 bits per heavy atom. The van der Waals surface area contributed by atoms with E-state index in [0.29, 0.717) is 29.4 Å². The molecule has 0 unspecified atom stereocenters. The zero-order valence-electron chi connectivity index (χ0n) is 21.7. The first-order valence-corrected chi connectivity index (χ1v) is 12.5. The number of unbranched alkanes of at least 4 members (excludes halogenated alkanes) is 1. The van der Waals surface area contributed by atoms with E-state index >= 15 is 0 Å². The van der Waals surface area contributed by atoms with Crippen LogP contribution in [0.1, 0.15) is 62.2 Å². The normalized spacial score (nSPS) is 11.3. The van der Waals surface area contributed by atoms with Crippen LogP contribution in [-0.4, -0.2) is 44.5 Å². The maximum atomic E-state index is 13.3. The van der Waals surface area contributed by atoms with Crippen molar-refractivity contribution in [1.29, 1.82) is 0 Å². The molecule has 0 bridgehead atoms. The SMILES string of the molecule is CCCCN(CC(=O)Nc1cc(C(C)(C)C)nn1-c1ccc(Cl)cc1)C(=O)c1ccc(C)c([N+](=O)[O-])c1. The highest BCUT2D eigenvalue weighted by molar-refractivity contribution is 6.30. The molecular formula is C27H32ClN5O4. The van der Waals surface area contributed by atoms with Crippen molar-refractivity contribution in [1.82, 2.24) is 14.7 Å². The third-order valence-electron chi connectivity index (χ3n) is 5.87. The van der Waals surface area contributed by atoms with E-state index in [1.165, 1.54) is 11.0 Å². The second kappa shape index (κ2) is 11.6. The lowest BCUT2D eigenvalue weighted by Gasteiger charge is -2.22. The number of amides is 2. The molecule has 0 radical (unpaired) electrons. The average molecular weight is 526 g/mol. The van der Waals surface area contributed by atoms with E-state index < -0.39 is 16.7 Å². The van der Waals surface area contributed by atoms with Crippen molar-refractivity contribution >= 4 is 34.9 Å². The van der Waals surface area contributed by atoms with Gasteiger partial charge in [-0.2, -0.15) is 5.10 Å². The van der Waals surface area contributed by atoms with Crippen molar-refractivity contribution in [3.8, 4) is 5.69 Å². The molecule has 10 heteroatoms. The fourth-order valence-electron chi connectivity index (χ4n) is 3.69. The Morgan fingerprint density at radius 3 is 2.41 bits per heavy atom. The minimum Gasteiger partial charge on any atom is -0.329 e. The van der Waals surface area contributed by atoms with E-state index in [1.807, 2.05) is 33.8 Å². The number of carbonyl (C=O) groups is 2. The van der Waals surface area contributed by atoms with Gasteiger partial charge in [-0.3, -0.25) is 19.7 Å². The third-order valence-corrected chi connectivity index (χ3v) is 6.12. The number of nitro groups is 1. The van der Waals surface area contributed by atoms with Crippen molar-refractivity contribution < 1.29 is 14.5 Å². The molecule has 9 nitrogen and oxygen atoms in total. The van der Waals surface area contributed by atoms with E-state index in [2.05, 4.69) is 5.32 Å². The lowest BCUT2D eigenvalue weighted by Crippen LogP contribution is -2.39. The number of nitrogens with one attached hydrogen (secondary N) is 1.